The molecule has 2 aliphatic heterocycles. The van der Waals surface area contributed by atoms with E-state index in [1.54, 1.807) is 13.0 Å². The van der Waals surface area contributed by atoms with Crippen LogP contribution in [-0.4, -0.2) is 41.4 Å². The predicted molar refractivity (Wildman–Crippen MR) is 87.5 cm³/mol. The minimum atomic E-state index is -0.0491. The SMILES string of the molecule is CC(=O)N1CCC2(CCC2N2CCc3cccc(F)c3C2)CC1. The molecule has 1 saturated carbocycles. The van der Waals surface area contributed by atoms with Gasteiger partial charge in [-0.2, -0.15) is 0 Å². The number of piperidine rings is 1. The molecule has 1 saturated heterocycles. The van der Waals surface area contributed by atoms with Gasteiger partial charge in [-0.05, 0) is 49.1 Å². The number of fused-ring (bicyclic) bond motifs is 1. The summed E-state index contributed by atoms with van der Waals surface area (Å²) >= 11 is 0. The van der Waals surface area contributed by atoms with Crippen LogP contribution in [0.2, 0.25) is 0 Å². The Hall–Kier alpha value is -1.42. The van der Waals surface area contributed by atoms with Gasteiger partial charge in [0.15, 0.2) is 0 Å². The first-order valence-corrected chi connectivity index (χ1v) is 8.85. The number of hydrogen-bond donors (Lipinski definition) is 0. The van der Waals surface area contributed by atoms with E-state index in [2.05, 4.69) is 11.0 Å². The van der Waals surface area contributed by atoms with Gasteiger partial charge in [0.05, 0.1) is 0 Å². The highest BCUT2D eigenvalue weighted by atomic mass is 19.1. The minimum absolute atomic E-state index is 0.0491. The van der Waals surface area contributed by atoms with Gasteiger partial charge in [0.2, 0.25) is 5.91 Å². The van der Waals surface area contributed by atoms with Crippen molar-refractivity contribution in [3.63, 3.8) is 0 Å². The normalized spacial score (nSPS) is 26.7. The fourth-order valence-corrected chi connectivity index (χ4v) is 4.93. The summed E-state index contributed by atoms with van der Waals surface area (Å²) in [4.78, 5) is 16.0. The average molecular weight is 316 g/mol. The maximum absolute atomic E-state index is 14.1. The van der Waals surface area contributed by atoms with Crippen molar-refractivity contribution in [2.45, 2.75) is 51.6 Å². The molecule has 0 N–H and O–H groups in total. The molecule has 4 rings (SSSR count). The molecule has 1 aromatic rings. The van der Waals surface area contributed by atoms with Crippen LogP contribution in [-0.2, 0) is 17.8 Å². The van der Waals surface area contributed by atoms with Crippen LogP contribution in [0.1, 0.15) is 43.7 Å². The van der Waals surface area contributed by atoms with Gasteiger partial charge in [0.25, 0.3) is 0 Å². The molecular weight excluding hydrogens is 291 g/mol. The zero-order valence-electron chi connectivity index (χ0n) is 13.9. The van der Waals surface area contributed by atoms with Crippen molar-refractivity contribution in [2.75, 3.05) is 19.6 Å². The van der Waals surface area contributed by atoms with Crippen LogP contribution in [0.15, 0.2) is 18.2 Å². The predicted octanol–water partition coefficient (Wildman–Crippen LogP) is 2.97. The van der Waals surface area contributed by atoms with E-state index in [1.807, 2.05) is 11.0 Å². The molecule has 1 atom stereocenters. The van der Waals surface area contributed by atoms with Gasteiger partial charge < -0.3 is 4.90 Å². The summed E-state index contributed by atoms with van der Waals surface area (Å²) in [6.07, 6.45) is 5.67. The number of carbonyl (C=O) groups is 1. The highest BCUT2D eigenvalue weighted by Crippen LogP contribution is 2.52. The molecule has 23 heavy (non-hydrogen) atoms. The molecule has 0 radical (unpaired) electrons. The van der Waals surface area contributed by atoms with Crippen LogP contribution in [0.4, 0.5) is 4.39 Å². The molecule has 124 valence electrons. The van der Waals surface area contributed by atoms with Gasteiger partial charge in [-0.3, -0.25) is 9.69 Å². The first kappa shape index (κ1) is 15.1. The van der Waals surface area contributed by atoms with Crippen molar-refractivity contribution in [1.82, 2.24) is 9.80 Å². The van der Waals surface area contributed by atoms with E-state index in [0.29, 0.717) is 11.5 Å². The topological polar surface area (TPSA) is 23.6 Å². The van der Waals surface area contributed by atoms with Crippen molar-refractivity contribution >= 4 is 5.91 Å². The lowest BCUT2D eigenvalue weighted by Gasteiger charge is -2.58. The maximum Gasteiger partial charge on any atom is 0.219 e. The van der Waals surface area contributed by atoms with Gasteiger partial charge >= 0.3 is 0 Å². The molecule has 1 aromatic carbocycles. The number of rotatable bonds is 1. The maximum atomic E-state index is 14.1. The number of likely N-dealkylation sites (tertiary alicyclic amines) is 1. The number of carbonyl (C=O) groups excluding carboxylic acids is 1. The molecule has 4 heteroatoms. The van der Waals surface area contributed by atoms with Crippen LogP contribution in [0.25, 0.3) is 0 Å². The molecule has 0 bridgehead atoms. The second-order valence-electron chi connectivity index (χ2n) is 7.52. The minimum Gasteiger partial charge on any atom is -0.343 e. The van der Waals surface area contributed by atoms with Gasteiger partial charge in [-0.15, -0.1) is 0 Å². The molecule has 1 amide bonds. The van der Waals surface area contributed by atoms with E-state index in [4.69, 9.17) is 0 Å². The van der Waals surface area contributed by atoms with E-state index in [1.165, 1.54) is 18.4 Å². The molecule has 2 fully saturated rings. The summed E-state index contributed by atoms with van der Waals surface area (Å²) in [7, 11) is 0. The van der Waals surface area contributed by atoms with Gasteiger partial charge in [-0.25, -0.2) is 4.39 Å². The van der Waals surface area contributed by atoms with Gasteiger partial charge in [0, 0.05) is 44.7 Å². The van der Waals surface area contributed by atoms with E-state index < -0.39 is 0 Å². The van der Waals surface area contributed by atoms with E-state index in [9.17, 15) is 9.18 Å². The lowest BCUT2D eigenvalue weighted by atomic mass is 9.58. The van der Waals surface area contributed by atoms with E-state index in [0.717, 1.165) is 51.0 Å². The standard InChI is InChI=1S/C19H25FN2O/c1-14(23)21-11-8-19(9-12-21)7-5-18(19)22-10-6-15-3-2-4-17(20)16(15)13-22/h2-4,18H,5-13H2,1H3. The smallest absolute Gasteiger partial charge is 0.219 e. The van der Waals surface area contributed by atoms with Crippen LogP contribution in [0, 0.1) is 11.2 Å². The van der Waals surface area contributed by atoms with Crippen LogP contribution in [0.3, 0.4) is 0 Å². The lowest BCUT2D eigenvalue weighted by Crippen LogP contribution is -2.60. The Morgan fingerprint density at radius 3 is 2.65 bits per heavy atom. The highest BCUT2D eigenvalue weighted by molar-refractivity contribution is 5.73. The van der Waals surface area contributed by atoms with Crippen LogP contribution >= 0.6 is 0 Å². The Labute approximate surface area is 137 Å². The summed E-state index contributed by atoms with van der Waals surface area (Å²) in [5, 5.41) is 0. The first-order valence-electron chi connectivity index (χ1n) is 8.85. The average Bonchev–Trinajstić information content (AvgIpc) is 2.55. The number of hydrogen-bond acceptors (Lipinski definition) is 2. The third-order valence-electron chi connectivity index (χ3n) is 6.51. The van der Waals surface area contributed by atoms with Crippen molar-refractivity contribution in [2.24, 2.45) is 5.41 Å². The third-order valence-corrected chi connectivity index (χ3v) is 6.51. The molecule has 1 aliphatic carbocycles. The number of nitrogens with zero attached hydrogens (tertiary/aromatic N) is 2. The molecule has 3 aliphatic rings. The third kappa shape index (κ3) is 2.47. The molecule has 3 nitrogen and oxygen atoms in total. The molecule has 0 aromatic heterocycles. The second kappa shape index (κ2) is 5.59. The zero-order valence-corrected chi connectivity index (χ0v) is 13.9. The number of halogens is 1. The van der Waals surface area contributed by atoms with Gasteiger partial charge in [-0.1, -0.05) is 12.1 Å². The Balaban J connectivity index is 1.48. The van der Waals surface area contributed by atoms with Gasteiger partial charge in [0.1, 0.15) is 5.82 Å². The van der Waals surface area contributed by atoms with Crippen LogP contribution in [0.5, 0.6) is 0 Å². The largest absolute Gasteiger partial charge is 0.343 e. The summed E-state index contributed by atoms with van der Waals surface area (Å²) in [5.41, 5.74) is 2.46. The summed E-state index contributed by atoms with van der Waals surface area (Å²) in [6.45, 7) is 5.25. The summed E-state index contributed by atoms with van der Waals surface area (Å²) in [6, 6.07) is 6.05. The summed E-state index contributed by atoms with van der Waals surface area (Å²) < 4.78 is 14.1. The van der Waals surface area contributed by atoms with E-state index in [-0.39, 0.29) is 11.7 Å². The quantitative estimate of drug-likeness (QED) is 0.795. The molecule has 2 heterocycles. The number of amides is 1. The highest BCUT2D eigenvalue weighted by Gasteiger charge is 2.51. The van der Waals surface area contributed by atoms with E-state index >= 15 is 0 Å². The van der Waals surface area contributed by atoms with Crippen LogP contribution < -0.4 is 0 Å². The fraction of sp³-hybridized carbons (Fsp3) is 0.632. The fourth-order valence-electron chi connectivity index (χ4n) is 4.93. The number of benzene rings is 1. The summed E-state index contributed by atoms with van der Waals surface area (Å²) in [5.74, 6) is 0.150. The Morgan fingerprint density at radius 2 is 2.00 bits per heavy atom. The first-order chi connectivity index (χ1) is 11.1. The van der Waals surface area contributed by atoms with Crippen molar-refractivity contribution in [3.8, 4) is 0 Å². The molecular formula is C19H25FN2O. The Kier molecular flexibility index (Phi) is 3.67. The lowest BCUT2D eigenvalue weighted by molar-refractivity contribution is -0.135. The van der Waals surface area contributed by atoms with Crippen molar-refractivity contribution in [1.29, 1.82) is 0 Å². The Morgan fingerprint density at radius 1 is 1.22 bits per heavy atom. The Bertz CT molecular complexity index is 622. The molecule has 1 unspecified atom stereocenters. The molecule has 1 spiro atoms. The van der Waals surface area contributed by atoms with Crippen molar-refractivity contribution < 1.29 is 9.18 Å². The zero-order chi connectivity index (χ0) is 16.0. The monoisotopic (exact) mass is 316 g/mol. The second-order valence-corrected chi connectivity index (χ2v) is 7.52. The van der Waals surface area contributed by atoms with Crippen molar-refractivity contribution in [3.05, 3.63) is 35.1 Å².